The van der Waals surface area contributed by atoms with Crippen molar-refractivity contribution >= 4 is 11.8 Å². The van der Waals surface area contributed by atoms with E-state index in [2.05, 4.69) is 5.32 Å². The number of para-hydroxylation sites is 1. The molecule has 0 unspecified atom stereocenters. The van der Waals surface area contributed by atoms with Gasteiger partial charge < -0.3 is 24.1 Å². The Balaban J connectivity index is 1.29. The van der Waals surface area contributed by atoms with E-state index in [-0.39, 0.29) is 23.2 Å². The molecule has 1 atom stereocenters. The topological polar surface area (TPSA) is 81.0 Å². The highest BCUT2D eigenvalue weighted by Gasteiger charge is 2.35. The van der Waals surface area contributed by atoms with Crippen LogP contribution in [-0.2, 0) is 11.2 Å². The first-order valence-electron chi connectivity index (χ1n) is 10.0. The minimum atomic E-state index is -0.474. The number of hydrogen-bond donors (Lipinski definition) is 1. The van der Waals surface area contributed by atoms with Gasteiger partial charge in [-0.2, -0.15) is 0 Å². The van der Waals surface area contributed by atoms with Gasteiger partial charge in [0, 0.05) is 18.5 Å². The van der Waals surface area contributed by atoms with E-state index < -0.39 is 6.04 Å². The third kappa shape index (κ3) is 4.09. The van der Waals surface area contributed by atoms with Crippen LogP contribution in [0, 0.1) is 0 Å². The highest BCUT2D eigenvalue weighted by molar-refractivity contribution is 5.95. The Kier molecular flexibility index (Phi) is 5.22. The van der Waals surface area contributed by atoms with E-state index >= 15 is 0 Å². The molecular formula is C22H26N2O5. The van der Waals surface area contributed by atoms with Gasteiger partial charge in [-0.25, -0.2) is 0 Å². The highest BCUT2D eigenvalue weighted by atomic mass is 16.5. The lowest BCUT2D eigenvalue weighted by Gasteiger charge is -2.23. The molecule has 7 nitrogen and oxygen atoms in total. The maximum atomic E-state index is 12.6. The van der Waals surface area contributed by atoms with Gasteiger partial charge in [-0.15, -0.1) is 0 Å². The number of benzene rings is 1. The van der Waals surface area contributed by atoms with E-state index in [1.54, 1.807) is 17.0 Å². The van der Waals surface area contributed by atoms with Crippen LogP contribution in [-0.4, -0.2) is 48.1 Å². The summed E-state index contributed by atoms with van der Waals surface area (Å²) in [5.74, 6) is 1.33. The lowest BCUT2D eigenvalue weighted by Crippen LogP contribution is -2.46. The Labute approximate surface area is 170 Å². The summed E-state index contributed by atoms with van der Waals surface area (Å²) in [6.45, 7) is 5.33. The Morgan fingerprint density at radius 1 is 1.28 bits per heavy atom. The molecule has 0 aliphatic carbocycles. The molecule has 1 fully saturated rings. The Hall–Kier alpha value is -2.96. The number of rotatable bonds is 6. The molecule has 0 radical (unpaired) electrons. The van der Waals surface area contributed by atoms with Gasteiger partial charge in [-0.3, -0.25) is 9.59 Å². The van der Waals surface area contributed by atoms with Crippen molar-refractivity contribution in [1.82, 2.24) is 10.2 Å². The highest BCUT2D eigenvalue weighted by Crippen LogP contribution is 2.41. The van der Waals surface area contributed by atoms with Crippen molar-refractivity contribution in [3.05, 3.63) is 47.9 Å². The van der Waals surface area contributed by atoms with Gasteiger partial charge in [0.2, 0.25) is 5.91 Å². The summed E-state index contributed by atoms with van der Waals surface area (Å²) in [5.41, 5.74) is 0.900. The fourth-order valence-corrected chi connectivity index (χ4v) is 3.98. The summed E-state index contributed by atoms with van der Waals surface area (Å²) >= 11 is 0. The molecule has 0 spiro atoms. The molecule has 1 aromatic heterocycles. The first-order valence-corrected chi connectivity index (χ1v) is 10.0. The summed E-state index contributed by atoms with van der Waals surface area (Å²) in [7, 11) is 0. The van der Waals surface area contributed by atoms with Crippen LogP contribution in [0.4, 0.5) is 0 Å². The maximum absolute atomic E-state index is 12.6. The number of carbonyl (C=O) groups is 2. The van der Waals surface area contributed by atoms with Gasteiger partial charge in [0.1, 0.15) is 18.2 Å². The number of fused-ring (bicyclic) bond motifs is 1. The number of furan rings is 1. The molecule has 1 aromatic carbocycles. The fourth-order valence-electron chi connectivity index (χ4n) is 3.98. The minimum absolute atomic E-state index is 0.165. The molecular weight excluding hydrogens is 372 g/mol. The molecule has 2 amide bonds. The fraction of sp³-hybridized carbons (Fsp3) is 0.455. The second-order valence-corrected chi connectivity index (χ2v) is 8.06. The van der Waals surface area contributed by atoms with E-state index in [9.17, 15) is 9.59 Å². The summed E-state index contributed by atoms with van der Waals surface area (Å²) in [6, 6.07) is 8.68. The first kappa shape index (κ1) is 19.4. The average Bonchev–Trinajstić information content (AvgIpc) is 3.42. The van der Waals surface area contributed by atoms with E-state index in [0.29, 0.717) is 31.9 Å². The molecule has 29 heavy (non-hydrogen) atoms. The quantitative estimate of drug-likeness (QED) is 0.757. The van der Waals surface area contributed by atoms with Gasteiger partial charge >= 0.3 is 0 Å². The van der Waals surface area contributed by atoms with Crippen LogP contribution in [0.1, 0.15) is 42.8 Å². The lowest BCUT2D eigenvalue weighted by atomic mass is 10.0. The zero-order valence-electron chi connectivity index (χ0n) is 16.8. The van der Waals surface area contributed by atoms with Crippen LogP contribution in [0.15, 0.2) is 41.0 Å². The Bertz CT molecular complexity index is 891. The molecule has 0 saturated carbocycles. The summed E-state index contributed by atoms with van der Waals surface area (Å²) in [5, 5.41) is 2.88. The van der Waals surface area contributed by atoms with Crippen molar-refractivity contribution in [3.8, 4) is 11.5 Å². The minimum Gasteiger partial charge on any atom is -0.488 e. The zero-order chi connectivity index (χ0) is 20.4. The average molecular weight is 398 g/mol. The van der Waals surface area contributed by atoms with Gasteiger partial charge in [0.25, 0.3) is 5.91 Å². The van der Waals surface area contributed by atoms with Crippen molar-refractivity contribution < 1.29 is 23.5 Å². The standard InChI is InChI=1S/C22H26N2O5/c1-22(2)14-15-6-3-8-17(19(15)29-22)28-13-10-23-20(25)16-7-4-11-24(16)21(26)18-9-5-12-27-18/h3,5-6,8-9,12,16H,4,7,10-11,13-14H2,1-2H3,(H,23,25)/t16-/m0/s1. The van der Waals surface area contributed by atoms with Crippen LogP contribution in [0.25, 0.3) is 0 Å². The number of hydrogen-bond acceptors (Lipinski definition) is 5. The maximum Gasteiger partial charge on any atom is 0.290 e. The number of carbonyl (C=O) groups excluding carboxylic acids is 2. The Morgan fingerprint density at radius 2 is 2.14 bits per heavy atom. The predicted octanol–water partition coefficient (Wildman–Crippen LogP) is 2.79. The molecule has 1 N–H and O–H groups in total. The van der Waals surface area contributed by atoms with E-state index in [0.717, 1.165) is 24.2 Å². The van der Waals surface area contributed by atoms with Crippen molar-refractivity contribution in [1.29, 1.82) is 0 Å². The third-order valence-electron chi connectivity index (χ3n) is 5.26. The van der Waals surface area contributed by atoms with Gasteiger partial charge in [-0.1, -0.05) is 12.1 Å². The van der Waals surface area contributed by atoms with Gasteiger partial charge in [0.15, 0.2) is 17.3 Å². The number of likely N-dealkylation sites (tertiary alicyclic amines) is 1. The number of nitrogens with one attached hydrogen (secondary N) is 1. The van der Waals surface area contributed by atoms with Gasteiger partial charge in [-0.05, 0) is 44.9 Å². The van der Waals surface area contributed by atoms with Crippen molar-refractivity contribution in [2.24, 2.45) is 0 Å². The summed E-state index contributed by atoms with van der Waals surface area (Å²) in [4.78, 5) is 26.7. The summed E-state index contributed by atoms with van der Waals surface area (Å²) < 4.78 is 17.0. The molecule has 3 heterocycles. The Morgan fingerprint density at radius 3 is 2.93 bits per heavy atom. The summed E-state index contributed by atoms with van der Waals surface area (Å²) in [6.07, 6.45) is 3.75. The molecule has 4 rings (SSSR count). The molecule has 0 bridgehead atoms. The third-order valence-corrected chi connectivity index (χ3v) is 5.26. The van der Waals surface area contributed by atoms with Crippen LogP contribution in [0.2, 0.25) is 0 Å². The van der Waals surface area contributed by atoms with Crippen molar-refractivity contribution in [2.75, 3.05) is 19.7 Å². The molecule has 1 saturated heterocycles. The molecule has 2 aliphatic heterocycles. The molecule has 154 valence electrons. The van der Waals surface area contributed by atoms with Crippen molar-refractivity contribution in [3.63, 3.8) is 0 Å². The van der Waals surface area contributed by atoms with Crippen LogP contribution in [0.5, 0.6) is 11.5 Å². The number of ether oxygens (including phenoxy) is 2. The van der Waals surface area contributed by atoms with Gasteiger partial charge in [0.05, 0.1) is 12.8 Å². The van der Waals surface area contributed by atoms with Crippen LogP contribution < -0.4 is 14.8 Å². The lowest BCUT2D eigenvalue weighted by molar-refractivity contribution is -0.124. The van der Waals surface area contributed by atoms with E-state index in [1.807, 2.05) is 32.0 Å². The zero-order valence-corrected chi connectivity index (χ0v) is 16.8. The monoisotopic (exact) mass is 398 g/mol. The second kappa shape index (κ2) is 7.81. The number of nitrogens with zero attached hydrogens (tertiary/aromatic N) is 1. The number of amides is 2. The molecule has 7 heteroatoms. The normalized spacial score (nSPS) is 19.5. The van der Waals surface area contributed by atoms with E-state index in [4.69, 9.17) is 13.9 Å². The van der Waals surface area contributed by atoms with Crippen LogP contribution in [0.3, 0.4) is 0 Å². The smallest absolute Gasteiger partial charge is 0.290 e. The van der Waals surface area contributed by atoms with Crippen molar-refractivity contribution in [2.45, 2.75) is 44.8 Å². The SMILES string of the molecule is CC1(C)Cc2cccc(OCCNC(=O)[C@@H]3CCCN3C(=O)c3ccco3)c2O1. The molecule has 2 aromatic rings. The van der Waals surface area contributed by atoms with Crippen LogP contribution >= 0.6 is 0 Å². The second-order valence-electron chi connectivity index (χ2n) is 8.06. The van der Waals surface area contributed by atoms with E-state index in [1.165, 1.54) is 6.26 Å². The largest absolute Gasteiger partial charge is 0.488 e. The first-order chi connectivity index (χ1) is 13.9. The predicted molar refractivity (Wildman–Crippen MR) is 106 cm³/mol. The molecule has 2 aliphatic rings.